The maximum Gasteiger partial charge on any atom is 0.243 e. The maximum atomic E-state index is 11.4. The van der Waals surface area contributed by atoms with Crippen LogP contribution in [0.4, 0.5) is 5.69 Å². The summed E-state index contributed by atoms with van der Waals surface area (Å²) in [7, 11) is 1.60. The zero-order valence-electron chi connectivity index (χ0n) is 14.4. The first-order chi connectivity index (χ1) is 12.7. The van der Waals surface area contributed by atoms with Crippen LogP contribution in [0, 0.1) is 0 Å². The molecule has 0 unspecified atom stereocenters. The van der Waals surface area contributed by atoms with Gasteiger partial charge in [0.1, 0.15) is 5.65 Å². The molecule has 1 aliphatic rings. The second-order valence-electron chi connectivity index (χ2n) is 6.20. The number of carbonyl (C=O) groups is 1. The minimum absolute atomic E-state index is 0.136. The molecule has 7 heteroatoms. The fourth-order valence-corrected chi connectivity index (χ4v) is 3.11. The Morgan fingerprint density at radius 1 is 1.38 bits per heavy atom. The van der Waals surface area contributed by atoms with E-state index in [0.29, 0.717) is 5.88 Å². The summed E-state index contributed by atoms with van der Waals surface area (Å²) in [5, 5.41) is 3.94. The first-order valence-electron chi connectivity index (χ1n) is 8.33. The third-order valence-electron chi connectivity index (χ3n) is 4.55. The van der Waals surface area contributed by atoms with Gasteiger partial charge >= 0.3 is 0 Å². The molecule has 4 heterocycles. The first kappa shape index (κ1) is 16.1. The SMILES string of the molecule is C=CC(=O)NC1CN(c2cnc3[nH]cc(-c4ccc(OC)nc4)c3c2)C1. The average molecular weight is 349 g/mol. The van der Waals surface area contributed by atoms with E-state index < -0.39 is 0 Å². The van der Waals surface area contributed by atoms with Crippen LogP contribution in [0.3, 0.4) is 0 Å². The quantitative estimate of drug-likeness (QED) is 0.690. The Morgan fingerprint density at radius 3 is 2.92 bits per heavy atom. The number of rotatable bonds is 5. The van der Waals surface area contributed by atoms with Crippen LogP contribution in [0.25, 0.3) is 22.2 Å². The van der Waals surface area contributed by atoms with Gasteiger partial charge < -0.3 is 19.9 Å². The summed E-state index contributed by atoms with van der Waals surface area (Å²) in [6, 6.07) is 6.08. The number of amides is 1. The molecule has 7 nitrogen and oxygen atoms in total. The van der Waals surface area contributed by atoms with E-state index in [2.05, 4.69) is 37.8 Å². The van der Waals surface area contributed by atoms with E-state index in [1.165, 1.54) is 6.08 Å². The molecule has 2 N–H and O–H groups in total. The van der Waals surface area contributed by atoms with Gasteiger partial charge in [0.2, 0.25) is 11.8 Å². The largest absolute Gasteiger partial charge is 0.481 e. The third kappa shape index (κ3) is 2.88. The monoisotopic (exact) mass is 349 g/mol. The first-order valence-corrected chi connectivity index (χ1v) is 8.33. The van der Waals surface area contributed by atoms with Crippen LogP contribution in [-0.2, 0) is 4.79 Å². The molecular formula is C19H19N5O2. The highest BCUT2D eigenvalue weighted by atomic mass is 16.5. The highest BCUT2D eigenvalue weighted by molar-refractivity contribution is 5.95. The molecule has 26 heavy (non-hydrogen) atoms. The molecule has 1 saturated heterocycles. The number of nitrogens with one attached hydrogen (secondary N) is 2. The number of nitrogens with zero attached hydrogens (tertiary/aromatic N) is 3. The number of H-pyrrole nitrogens is 1. The van der Waals surface area contributed by atoms with E-state index >= 15 is 0 Å². The fraction of sp³-hybridized carbons (Fsp3) is 0.211. The Bertz CT molecular complexity index is 958. The second-order valence-corrected chi connectivity index (χ2v) is 6.20. The standard InChI is InChI=1S/C19H19N5O2/c1-3-17(25)23-13-10-24(11-13)14-6-15-16(9-22-19(15)21-8-14)12-4-5-18(26-2)20-7-12/h3-9,13H,1,10-11H2,2H3,(H,21,22)(H,23,25). The lowest BCUT2D eigenvalue weighted by atomic mass is 10.1. The van der Waals surface area contributed by atoms with Crippen molar-refractivity contribution >= 4 is 22.6 Å². The van der Waals surface area contributed by atoms with Gasteiger partial charge in [0.05, 0.1) is 25.0 Å². The molecule has 0 atom stereocenters. The molecule has 0 spiro atoms. The van der Waals surface area contributed by atoms with Gasteiger partial charge in [0.25, 0.3) is 0 Å². The Hall–Kier alpha value is -3.35. The topological polar surface area (TPSA) is 83.1 Å². The molecule has 0 aliphatic carbocycles. The lowest BCUT2D eigenvalue weighted by Crippen LogP contribution is -2.59. The van der Waals surface area contributed by atoms with Crippen LogP contribution in [0.5, 0.6) is 5.88 Å². The van der Waals surface area contributed by atoms with E-state index in [1.54, 1.807) is 13.3 Å². The molecule has 0 radical (unpaired) electrons. The minimum Gasteiger partial charge on any atom is -0.481 e. The number of anilines is 1. The number of ether oxygens (including phenoxy) is 1. The molecule has 1 amide bonds. The van der Waals surface area contributed by atoms with Gasteiger partial charge in [-0.25, -0.2) is 9.97 Å². The summed E-state index contributed by atoms with van der Waals surface area (Å²) >= 11 is 0. The number of carbonyl (C=O) groups excluding carboxylic acids is 1. The highest BCUT2D eigenvalue weighted by Crippen LogP contribution is 2.31. The van der Waals surface area contributed by atoms with Gasteiger partial charge in [0.15, 0.2) is 0 Å². The number of fused-ring (bicyclic) bond motifs is 1. The van der Waals surface area contributed by atoms with Gasteiger partial charge in [-0.05, 0) is 18.2 Å². The lowest BCUT2D eigenvalue weighted by molar-refractivity contribution is -0.117. The van der Waals surface area contributed by atoms with Crippen molar-refractivity contribution in [2.75, 3.05) is 25.1 Å². The second kappa shape index (κ2) is 6.51. The van der Waals surface area contributed by atoms with Gasteiger partial charge in [-0.3, -0.25) is 4.79 Å². The van der Waals surface area contributed by atoms with Crippen molar-refractivity contribution in [3.8, 4) is 17.0 Å². The van der Waals surface area contributed by atoms with Gasteiger partial charge in [-0.2, -0.15) is 0 Å². The van der Waals surface area contributed by atoms with Gasteiger partial charge in [0, 0.05) is 48.1 Å². The van der Waals surface area contributed by atoms with E-state index in [0.717, 1.165) is 40.9 Å². The third-order valence-corrected chi connectivity index (χ3v) is 4.55. The Kier molecular flexibility index (Phi) is 4.04. The molecule has 0 bridgehead atoms. The maximum absolute atomic E-state index is 11.4. The summed E-state index contributed by atoms with van der Waals surface area (Å²) in [6.07, 6.45) is 6.87. The average Bonchev–Trinajstić information content (AvgIpc) is 3.07. The molecular weight excluding hydrogens is 330 g/mol. The van der Waals surface area contributed by atoms with Crippen molar-refractivity contribution in [3.63, 3.8) is 0 Å². The normalized spacial score (nSPS) is 14.1. The lowest BCUT2D eigenvalue weighted by Gasteiger charge is -2.40. The van der Waals surface area contributed by atoms with Crippen molar-refractivity contribution in [1.82, 2.24) is 20.3 Å². The number of pyridine rings is 2. The van der Waals surface area contributed by atoms with Crippen molar-refractivity contribution in [3.05, 3.63) is 49.4 Å². The Morgan fingerprint density at radius 2 is 2.23 bits per heavy atom. The van der Waals surface area contributed by atoms with Crippen LogP contribution < -0.4 is 15.0 Å². The summed E-state index contributed by atoms with van der Waals surface area (Å²) in [5.74, 6) is 0.448. The minimum atomic E-state index is -0.136. The van der Waals surface area contributed by atoms with Crippen molar-refractivity contribution in [1.29, 1.82) is 0 Å². The Balaban J connectivity index is 1.57. The summed E-state index contributed by atoms with van der Waals surface area (Å²) in [5.41, 5.74) is 3.90. The van der Waals surface area contributed by atoms with E-state index in [1.807, 2.05) is 24.5 Å². The summed E-state index contributed by atoms with van der Waals surface area (Å²) < 4.78 is 5.12. The van der Waals surface area contributed by atoms with E-state index in [-0.39, 0.29) is 11.9 Å². The molecule has 3 aromatic heterocycles. The molecule has 3 aromatic rings. The number of aromatic nitrogens is 3. The number of methoxy groups -OCH3 is 1. The highest BCUT2D eigenvalue weighted by Gasteiger charge is 2.28. The fourth-order valence-electron chi connectivity index (χ4n) is 3.11. The predicted molar refractivity (Wildman–Crippen MR) is 100 cm³/mol. The van der Waals surface area contributed by atoms with Crippen LogP contribution in [0.1, 0.15) is 0 Å². The zero-order chi connectivity index (χ0) is 18.1. The number of hydrogen-bond donors (Lipinski definition) is 2. The van der Waals surface area contributed by atoms with Crippen molar-refractivity contribution in [2.24, 2.45) is 0 Å². The van der Waals surface area contributed by atoms with E-state index in [9.17, 15) is 4.79 Å². The number of aromatic amines is 1. The molecule has 1 fully saturated rings. The van der Waals surface area contributed by atoms with Crippen molar-refractivity contribution in [2.45, 2.75) is 6.04 Å². The van der Waals surface area contributed by atoms with Crippen LogP contribution >= 0.6 is 0 Å². The van der Waals surface area contributed by atoms with Crippen molar-refractivity contribution < 1.29 is 9.53 Å². The van der Waals surface area contributed by atoms with Gasteiger partial charge in [-0.15, -0.1) is 0 Å². The molecule has 132 valence electrons. The van der Waals surface area contributed by atoms with Gasteiger partial charge in [-0.1, -0.05) is 6.58 Å². The molecule has 0 saturated carbocycles. The molecule has 4 rings (SSSR count). The smallest absolute Gasteiger partial charge is 0.243 e. The predicted octanol–water partition coefficient (Wildman–Crippen LogP) is 2.12. The summed E-state index contributed by atoms with van der Waals surface area (Å²) in [6.45, 7) is 5.00. The van der Waals surface area contributed by atoms with Crippen LogP contribution in [0.2, 0.25) is 0 Å². The molecule has 0 aromatic carbocycles. The van der Waals surface area contributed by atoms with Crippen LogP contribution in [0.15, 0.2) is 49.4 Å². The number of hydrogen-bond acceptors (Lipinski definition) is 5. The zero-order valence-corrected chi connectivity index (χ0v) is 14.4. The molecule has 1 aliphatic heterocycles. The Labute approximate surface area is 150 Å². The van der Waals surface area contributed by atoms with E-state index in [4.69, 9.17) is 4.74 Å². The van der Waals surface area contributed by atoms with Crippen LogP contribution in [-0.4, -0.2) is 47.1 Å². The summed E-state index contributed by atoms with van der Waals surface area (Å²) in [4.78, 5) is 25.5.